The van der Waals surface area contributed by atoms with Crippen molar-refractivity contribution >= 4 is 17.6 Å². The number of hydrogen-bond donors (Lipinski definition) is 1. The van der Waals surface area contributed by atoms with Crippen LogP contribution in [0.2, 0.25) is 0 Å². The highest BCUT2D eigenvalue weighted by atomic mass is 16.5. The largest absolute Gasteiger partial charge is 0.423 e. The third kappa shape index (κ3) is 3.52. The number of anilines is 1. The standard InChI is InChI=1S/C18H19NO3/c1-11-6-5-7-17(13(11)3)22-18(21)15-9-8-12(2)16(10-15)19-14(4)20/h5-10H,1-4H3,(H,19,20). The average molecular weight is 297 g/mol. The summed E-state index contributed by atoms with van der Waals surface area (Å²) in [6.45, 7) is 7.18. The summed E-state index contributed by atoms with van der Waals surface area (Å²) < 4.78 is 5.46. The Morgan fingerprint density at radius 2 is 1.73 bits per heavy atom. The summed E-state index contributed by atoms with van der Waals surface area (Å²) in [5.41, 5.74) is 3.90. The summed E-state index contributed by atoms with van der Waals surface area (Å²) >= 11 is 0. The number of rotatable bonds is 3. The van der Waals surface area contributed by atoms with Crippen LogP contribution in [0.1, 0.15) is 34.0 Å². The molecule has 22 heavy (non-hydrogen) atoms. The molecule has 0 radical (unpaired) electrons. The minimum Gasteiger partial charge on any atom is -0.423 e. The van der Waals surface area contributed by atoms with Crippen molar-refractivity contribution in [2.24, 2.45) is 0 Å². The van der Waals surface area contributed by atoms with Crippen molar-refractivity contribution in [3.63, 3.8) is 0 Å². The van der Waals surface area contributed by atoms with Crippen LogP contribution < -0.4 is 10.1 Å². The van der Waals surface area contributed by atoms with Gasteiger partial charge in [0.15, 0.2) is 0 Å². The molecule has 0 aromatic heterocycles. The van der Waals surface area contributed by atoms with Gasteiger partial charge in [0, 0.05) is 12.6 Å². The van der Waals surface area contributed by atoms with Crippen molar-refractivity contribution in [1.29, 1.82) is 0 Å². The lowest BCUT2D eigenvalue weighted by atomic mass is 10.1. The SMILES string of the molecule is CC(=O)Nc1cc(C(=O)Oc2cccc(C)c2C)ccc1C. The second-order valence-corrected chi connectivity index (χ2v) is 5.30. The van der Waals surface area contributed by atoms with Gasteiger partial charge in [0.1, 0.15) is 5.75 Å². The monoisotopic (exact) mass is 297 g/mol. The van der Waals surface area contributed by atoms with Crippen LogP contribution in [0.15, 0.2) is 36.4 Å². The van der Waals surface area contributed by atoms with Gasteiger partial charge in [0.25, 0.3) is 0 Å². The first-order chi connectivity index (χ1) is 10.4. The summed E-state index contributed by atoms with van der Waals surface area (Å²) in [6.07, 6.45) is 0. The minimum absolute atomic E-state index is 0.178. The Labute approximate surface area is 130 Å². The maximum atomic E-state index is 12.3. The van der Waals surface area contributed by atoms with Crippen molar-refractivity contribution in [3.05, 3.63) is 58.7 Å². The summed E-state index contributed by atoms with van der Waals surface area (Å²) in [5.74, 6) is -0.0740. The van der Waals surface area contributed by atoms with E-state index in [1.165, 1.54) is 6.92 Å². The van der Waals surface area contributed by atoms with E-state index in [1.54, 1.807) is 24.3 Å². The van der Waals surface area contributed by atoms with Gasteiger partial charge < -0.3 is 10.1 Å². The zero-order chi connectivity index (χ0) is 16.3. The van der Waals surface area contributed by atoms with E-state index < -0.39 is 5.97 Å². The fraction of sp³-hybridized carbons (Fsp3) is 0.222. The van der Waals surface area contributed by atoms with Crippen LogP contribution in [-0.4, -0.2) is 11.9 Å². The summed E-state index contributed by atoms with van der Waals surface area (Å²) in [6, 6.07) is 10.7. The molecule has 1 amide bonds. The first-order valence-corrected chi connectivity index (χ1v) is 7.05. The molecular formula is C18H19NO3. The highest BCUT2D eigenvalue weighted by molar-refractivity contribution is 5.95. The lowest BCUT2D eigenvalue weighted by Crippen LogP contribution is -2.12. The van der Waals surface area contributed by atoms with E-state index in [2.05, 4.69) is 5.32 Å². The Hall–Kier alpha value is -2.62. The Morgan fingerprint density at radius 1 is 1.00 bits per heavy atom. The van der Waals surface area contributed by atoms with Gasteiger partial charge >= 0.3 is 5.97 Å². The maximum Gasteiger partial charge on any atom is 0.343 e. The molecule has 0 saturated carbocycles. The molecule has 0 fully saturated rings. The van der Waals surface area contributed by atoms with Crippen LogP contribution in [0, 0.1) is 20.8 Å². The zero-order valence-corrected chi connectivity index (χ0v) is 13.2. The molecule has 1 N–H and O–H groups in total. The Morgan fingerprint density at radius 3 is 2.41 bits per heavy atom. The number of amides is 1. The summed E-state index contributed by atoms with van der Waals surface area (Å²) in [7, 11) is 0. The molecule has 2 aromatic carbocycles. The normalized spacial score (nSPS) is 10.2. The van der Waals surface area contributed by atoms with Gasteiger partial charge in [-0.05, 0) is 55.7 Å². The fourth-order valence-corrected chi connectivity index (χ4v) is 2.07. The van der Waals surface area contributed by atoms with Crippen LogP contribution in [0.5, 0.6) is 5.75 Å². The lowest BCUT2D eigenvalue weighted by Gasteiger charge is -2.11. The Kier molecular flexibility index (Phi) is 4.61. The minimum atomic E-state index is -0.444. The van der Waals surface area contributed by atoms with Crippen LogP contribution in [-0.2, 0) is 4.79 Å². The number of ether oxygens (including phenoxy) is 1. The van der Waals surface area contributed by atoms with E-state index in [-0.39, 0.29) is 5.91 Å². The molecule has 0 unspecified atom stereocenters. The molecule has 0 aliphatic rings. The van der Waals surface area contributed by atoms with E-state index in [1.807, 2.05) is 32.9 Å². The number of carbonyl (C=O) groups excluding carboxylic acids is 2. The lowest BCUT2D eigenvalue weighted by molar-refractivity contribution is -0.114. The average Bonchev–Trinajstić information content (AvgIpc) is 2.45. The molecule has 114 valence electrons. The fourth-order valence-electron chi connectivity index (χ4n) is 2.07. The second kappa shape index (κ2) is 6.43. The van der Waals surface area contributed by atoms with Crippen molar-refractivity contribution in [1.82, 2.24) is 0 Å². The van der Waals surface area contributed by atoms with Crippen molar-refractivity contribution in [2.75, 3.05) is 5.32 Å². The van der Waals surface area contributed by atoms with E-state index in [0.717, 1.165) is 16.7 Å². The molecule has 0 aliphatic heterocycles. The molecule has 0 spiro atoms. The highest BCUT2D eigenvalue weighted by Gasteiger charge is 2.13. The van der Waals surface area contributed by atoms with E-state index in [0.29, 0.717) is 17.0 Å². The third-order valence-corrected chi connectivity index (χ3v) is 3.54. The van der Waals surface area contributed by atoms with Gasteiger partial charge in [-0.15, -0.1) is 0 Å². The molecule has 4 heteroatoms. The molecule has 2 aromatic rings. The van der Waals surface area contributed by atoms with E-state index in [4.69, 9.17) is 4.74 Å². The van der Waals surface area contributed by atoms with Crippen LogP contribution in [0.3, 0.4) is 0 Å². The van der Waals surface area contributed by atoms with Gasteiger partial charge in [-0.25, -0.2) is 4.79 Å². The summed E-state index contributed by atoms with van der Waals surface area (Å²) in [4.78, 5) is 23.5. The highest BCUT2D eigenvalue weighted by Crippen LogP contribution is 2.23. The van der Waals surface area contributed by atoms with Crippen LogP contribution in [0.25, 0.3) is 0 Å². The van der Waals surface area contributed by atoms with Crippen molar-refractivity contribution in [3.8, 4) is 5.75 Å². The third-order valence-electron chi connectivity index (χ3n) is 3.54. The number of nitrogens with one attached hydrogen (secondary N) is 1. The Balaban J connectivity index is 2.26. The van der Waals surface area contributed by atoms with Gasteiger partial charge in [-0.2, -0.15) is 0 Å². The summed E-state index contributed by atoms with van der Waals surface area (Å²) in [5, 5.41) is 2.71. The predicted molar refractivity (Wildman–Crippen MR) is 86.4 cm³/mol. The first kappa shape index (κ1) is 15.8. The molecule has 0 saturated heterocycles. The number of esters is 1. The smallest absolute Gasteiger partial charge is 0.343 e. The number of carbonyl (C=O) groups is 2. The molecule has 2 rings (SSSR count). The first-order valence-electron chi connectivity index (χ1n) is 7.05. The number of aryl methyl sites for hydroxylation is 2. The topological polar surface area (TPSA) is 55.4 Å². The quantitative estimate of drug-likeness (QED) is 0.692. The van der Waals surface area contributed by atoms with Crippen molar-refractivity contribution < 1.29 is 14.3 Å². The number of hydrogen-bond acceptors (Lipinski definition) is 3. The molecule has 0 bridgehead atoms. The van der Waals surface area contributed by atoms with Gasteiger partial charge in [-0.3, -0.25) is 4.79 Å². The van der Waals surface area contributed by atoms with Crippen LogP contribution >= 0.6 is 0 Å². The van der Waals surface area contributed by atoms with Crippen molar-refractivity contribution in [2.45, 2.75) is 27.7 Å². The molecule has 0 atom stereocenters. The number of benzene rings is 2. The second-order valence-electron chi connectivity index (χ2n) is 5.30. The molecule has 4 nitrogen and oxygen atoms in total. The van der Waals surface area contributed by atoms with E-state index in [9.17, 15) is 9.59 Å². The Bertz CT molecular complexity index is 735. The zero-order valence-electron chi connectivity index (χ0n) is 13.2. The maximum absolute atomic E-state index is 12.3. The van der Waals surface area contributed by atoms with Crippen LogP contribution in [0.4, 0.5) is 5.69 Å². The molecular weight excluding hydrogens is 278 g/mol. The molecule has 0 heterocycles. The van der Waals surface area contributed by atoms with Gasteiger partial charge in [-0.1, -0.05) is 18.2 Å². The van der Waals surface area contributed by atoms with Gasteiger partial charge in [0.05, 0.1) is 5.56 Å². The van der Waals surface area contributed by atoms with E-state index >= 15 is 0 Å². The predicted octanol–water partition coefficient (Wildman–Crippen LogP) is 3.79. The van der Waals surface area contributed by atoms with Gasteiger partial charge in [0.2, 0.25) is 5.91 Å². The molecule has 0 aliphatic carbocycles.